The van der Waals surface area contributed by atoms with Gasteiger partial charge in [0.15, 0.2) is 0 Å². The Morgan fingerprint density at radius 2 is 2.00 bits per heavy atom. The summed E-state index contributed by atoms with van der Waals surface area (Å²) in [5, 5.41) is 0. The topological polar surface area (TPSA) is 38.5 Å². The van der Waals surface area contributed by atoms with Crippen molar-refractivity contribution in [2.75, 3.05) is 33.3 Å². The summed E-state index contributed by atoms with van der Waals surface area (Å²) in [6, 6.07) is 0. The van der Waals surface area contributed by atoms with Gasteiger partial charge < -0.3 is 15.4 Å². The van der Waals surface area contributed by atoms with Crippen molar-refractivity contribution in [3.05, 3.63) is 0 Å². The number of hydrogen-bond donors (Lipinski definition) is 1. The molecule has 0 unspecified atom stereocenters. The fraction of sp³-hybridized carbons (Fsp3) is 1.00. The van der Waals surface area contributed by atoms with Crippen LogP contribution in [0.25, 0.3) is 0 Å². The van der Waals surface area contributed by atoms with E-state index >= 15 is 0 Å². The molecular weight excluding hydrogens is 212 g/mol. The van der Waals surface area contributed by atoms with Crippen molar-refractivity contribution in [3.63, 3.8) is 0 Å². The molecule has 0 radical (unpaired) electrons. The highest BCUT2D eigenvalue weighted by Gasteiger charge is 2.17. The van der Waals surface area contributed by atoms with Gasteiger partial charge in [0.25, 0.3) is 0 Å². The molecule has 3 heteroatoms. The molecule has 0 saturated heterocycles. The molecule has 0 aromatic rings. The summed E-state index contributed by atoms with van der Waals surface area (Å²) in [5.74, 6) is 0.771. The van der Waals surface area contributed by atoms with Crippen molar-refractivity contribution >= 4 is 0 Å². The van der Waals surface area contributed by atoms with Crippen LogP contribution in [0.5, 0.6) is 0 Å². The lowest BCUT2D eigenvalue weighted by atomic mass is 9.96. The van der Waals surface area contributed by atoms with Crippen molar-refractivity contribution in [3.8, 4) is 0 Å². The van der Waals surface area contributed by atoms with Crippen LogP contribution in [0.3, 0.4) is 0 Å². The second-order valence-corrected chi connectivity index (χ2v) is 5.34. The van der Waals surface area contributed by atoms with Crippen molar-refractivity contribution in [1.82, 2.24) is 4.90 Å². The van der Waals surface area contributed by atoms with Crippen molar-refractivity contribution in [2.45, 2.75) is 52.6 Å². The van der Waals surface area contributed by atoms with Gasteiger partial charge in [-0.2, -0.15) is 0 Å². The predicted octanol–water partition coefficient (Wildman–Crippen LogP) is 2.74. The zero-order valence-electron chi connectivity index (χ0n) is 12.2. The van der Waals surface area contributed by atoms with Gasteiger partial charge in [-0.1, -0.05) is 20.8 Å². The Morgan fingerprint density at radius 3 is 2.41 bits per heavy atom. The first-order valence-corrected chi connectivity index (χ1v) is 7.10. The maximum Gasteiger partial charge on any atom is 0.0575 e. The third-order valence-corrected chi connectivity index (χ3v) is 2.77. The van der Waals surface area contributed by atoms with E-state index in [-0.39, 0.29) is 1.43 Å². The first-order chi connectivity index (χ1) is 8.10. The smallest absolute Gasteiger partial charge is 0.0575 e. The van der Waals surface area contributed by atoms with Crippen LogP contribution in [-0.2, 0) is 4.74 Å². The summed E-state index contributed by atoms with van der Waals surface area (Å²) in [6.45, 7) is 10.5. The highest BCUT2D eigenvalue weighted by Crippen LogP contribution is 2.21. The summed E-state index contributed by atoms with van der Waals surface area (Å²) < 4.78 is 5.71. The molecule has 3 nitrogen and oxygen atoms in total. The Hall–Kier alpha value is -0.120. The van der Waals surface area contributed by atoms with Gasteiger partial charge in [0, 0.05) is 21.1 Å². The van der Waals surface area contributed by atoms with E-state index in [9.17, 15) is 0 Å². The molecule has 1 aliphatic carbocycles. The van der Waals surface area contributed by atoms with E-state index in [1.807, 2.05) is 6.92 Å². The Bertz CT molecular complexity index is 164. The molecule has 106 valence electrons. The van der Waals surface area contributed by atoms with Crippen LogP contribution < -0.4 is 5.73 Å². The normalized spacial score (nSPS) is 15.7. The predicted molar refractivity (Wildman–Crippen MR) is 77.4 cm³/mol. The zero-order chi connectivity index (χ0) is 13.1. The van der Waals surface area contributed by atoms with Gasteiger partial charge in [0.1, 0.15) is 0 Å². The molecule has 0 aromatic carbocycles. The second kappa shape index (κ2) is 11.0. The van der Waals surface area contributed by atoms with Crippen LogP contribution in [0, 0.1) is 5.92 Å². The Labute approximate surface area is 109 Å². The van der Waals surface area contributed by atoms with Gasteiger partial charge in [-0.25, -0.2) is 0 Å². The molecule has 0 spiro atoms. The molecule has 0 bridgehead atoms. The first-order valence-electron chi connectivity index (χ1n) is 7.10. The first kappa shape index (κ1) is 16.9. The minimum absolute atomic E-state index is 0. The van der Waals surface area contributed by atoms with Gasteiger partial charge in [-0.3, -0.25) is 0 Å². The standard InChI is InChI=1S/C12H25NO.C2H7N.H2/c1-11(2)10-13(3)8-5-9-14-12-6-4-7-12;1-2-3;/h11-12H,4-10H2,1-3H3;2-3H2,1H3;1H. The number of nitrogens with zero attached hydrogens (tertiary/aromatic N) is 1. The van der Waals surface area contributed by atoms with Crippen LogP contribution in [-0.4, -0.2) is 44.3 Å². The maximum absolute atomic E-state index is 5.71. The molecule has 1 aliphatic rings. The molecule has 2 N–H and O–H groups in total. The van der Waals surface area contributed by atoms with Crippen LogP contribution in [0.4, 0.5) is 0 Å². The van der Waals surface area contributed by atoms with E-state index in [1.54, 1.807) is 0 Å². The van der Waals surface area contributed by atoms with E-state index in [0.29, 0.717) is 6.10 Å². The third-order valence-electron chi connectivity index (χ3n) is 2.77. The van der Waals surface area contributed by atoms with Crippen LogP contribution >= 0.6 is 0 Å². The van der Waals surface area contributed by atoms with Crippen LogP contribution in [0.1, 0.15) is 47.9 Å². The summed E-state index contributed by atoms with van der Waals surface area (Å²) in [6.07, 6.45) is 5.74. The van der Waals surface area contributed by atoms with Gasteiger partial charge in [-0.15, -0.1) is 0 Å². The molecule has 0 atom stereocenters. The SMILES string of the molecule is CC(C)CN(C)CCCOC1CCC1.CCN.[HH]. The van der Waals surface area contributed by atoms with Gasteiger partial charge in [-0.05, 0) is 45.2 Å². The van der Waals surface area contributed by atoms with Crippen LogP contribution in [0.15, 0.2) is 0 Å². The Balaban J connectivity index is 0. The van der Waals surface area contributed by atoms with E-state index < -0.39 is 0 Å². The third kappa shape index (κ3) is 10.7. The number of nitrogens with two attached hydrogens (primary N) is 1. The molecular formula is C14H34N2O. The Morgan fingerprint density at radius 1 is 1.41 bits per heavy atom. The van der Waals surface area contributed by atoms with E-state index in [4.69, 9.17) is 10.5 Å². The second-order valence-electron chi connectivity index (χ2n) is 5.34. The molecule has 0 aromatic heterocycles. The molecule has 0 amide bonds. The minimum Gasteiger partial charge on any atom is -0.378 e. The summed E-state index contributed by atoms with van der Waals surface area (Å²) >= 11 is 0. The van der Waals surface area contributed by atoms with Crippen molar-refractivity contribution in [2.24, 2.45) is 11.7 Å². The highest BCUT2D eigenvalue weighted by molar-refractivity contribution is 4.69. The fourth-order valence-corrected chi connectivity index (χ4v) is 1.84. The average Bonchev–Trinajstić information content (AvgIpc) is 2.14. The molecule has 1 saturated carbocycles. The van der Waals surface area contributed by atoms with Gasteiger partial charge >= 0.3 is 0 Å². The fourth-order valence-electron chi connectivity index (χ4n) is 1.84. The van der Waals surface area contributed by atoms with E-state index in [1.165, 1.54) is 38.8 Å². The minimum atomic E-state index is 0. The zero-order valence-corrected chi connectivity index (χ0v) is 12.2. The summed E-state index contributed by atoms with van der Waals surface area (Å²) in [7, 11) is 2.20. The highest BCUT2D eigenvalue weighted by atomic mass is 16.5. The molecule has 0 aliphatic heterocycles. The maximum atomic E-state index is 5.71. The number of ether oxygens (including phenoxy) is 1. The number of hydrogen-bond acceptors (Lipinski definition) is 3. The van der Waals surface area contributed by atoms with Crippen LogP contribution in [0.2, 0.25) is 0 Å². The molecule has 1 rings (SSSR count). The lowest BCUT2D eigenvalue weighted by molar-refractivity contribution is -0.00107. The van der Waals surface area contributed by atoms with Crippen molar-refractivity contribution in [1.29, 1.82) is 0 Å². The van der Waals surface area contributed by atoms with Gasteiger partial charge in [0.05, 0.1) is 6.10 Å². The Kier molecular flexibility index (Phi) is 10.9. The van der Waals surface area contributed by atoms with E-state index in [0.717, 1.165) is 19.1 Å². The molecule has 1 fully saturated rings. The number of rotatable bonds is 7. The lowest BCUT2D eigenvalue weighted by Crippen LogP contribution is -2.27. The average molecular weight is 246 g/mol. The van der Waals surface area contributed by atoms with Gasteiger partial charge in [0.2, 0.25) is 0 Å². The summed E-state index contributed by atoms with van der Waals surface area (Å²) in [4.78, 5) is 2.40. The quantitative estimate of drug-likeness (QED) is 0.702. The van der Waals surface area contributed by atoms with E-state index in [2.05, 4.69) is 25.8 Å². The molecule has 17 heavy (non-hydrogen) atoms. The lowest BCUT2D eigenvalue weighted by Gasteiger charge is -2.26. The summed E-state index contributed by atoms with van der Waals surface area (Å²) in [5.41, 5.74) is 4.85. The monoisotopic (exact) mass is 246 g/mol. The molecule has 0 heterocycles. The van der Waals surface area contributed by atoms with Crippen molar-refractivity contribution < 1.29 is 6.16 Å². The largest absolute Gasteiger partial charge is 0.378 e.